The first kappa shape index (κ1) is 19.7. The van der Waals surface area contributed by atoms with Crippen molar-refractivity contribution in [2.45, 2.75) is 52.2 Å². The fourth-order valence-electron chi connectivity index (χ4n) is 2.16. The molecule has 0 bridgehead atoms. The molecule has 23 heavy (non-hydrogen) atoms. The Bertz CT molecular complexity index is 483. The molecule has 2 unspecified atom stereocenters. The number of carbonyl (C=O) groups is 2. The van der Waals surface area contributed by atoms with Crippen molar-refractivity contribution >= 4 is 27.9 Å². The number of alkyl carbamates (subject to hydrolysis) is 1. The second-order valence-corrected chi connectivity index (χ2v) is 7.30. The van der Waals surface area contributed by atoms with E-state index in [0.717, 1.165) is 0 Å². The molecule has 6 heteroatoms. The summed E-state index contributed by atoms with van der Waals surface area (Å²) in [5.41, 5.74) is -1.09. The Kier molecular flexibility index (Phi) is 7.32. The number of allylic oxidation sites excluding steroid dienone is 3. The third-order valence-electron chi connectivity index (χ3n) is 3.56. The molecule has 5 nitrogen and oxygen atoms in total. The molecule has 0 fully saturated rings. The second kappa shape index (κ2) is 8.52. The first-order chi connectivity index (χ1) is 10.7. The van der Waals surface area contributed by atoms with Crippen molar-refractivity contribution in [1.82, 2.24) is 10.6 Å². The van der Waals surface area contributed by atoms with Gasteiger partial charge in [-0.1, -0.05) is 47.2 Å². The zero-order valence-corrected chi connectivity index (χ0v) is 15.9. The lowest BCUT2D eigenvalue weighted by Crippen LogP contribution is -2.49. The first-order valence-electron chi connectivity index (χ1n) is 7.90. The van der Waals surface area contributed by atoms with Crippen LogP contribution in [0.25, 0.3) is 0 Å². The minimum absolute atomic E-state index is 0.0422. The maximum atomic E-state index is 12.5. The first-order valence-corrected chi connectivity index (χ1v) is 9.03. The Morgan fingerprint density at radius 1 is 1.35 bits per heavy atom. The van der Waals surface area contributed by atoms with Crippen LogP contribution in [0, 0.1) is 5.41 Å². The van der Waals surface area contributed by atoms with E-state index in [4.69, 9.17) is 4.74 Å². The summed E-state index contributed by atoms with van der Waals surface area (Å²) in [6, 6.07) is -0.163. The molecule has 0 aromatic carbocycles. The Morgan fingerprint density at radius 2 is 2.04 bits per heavy atom. The van der Waals surface area contributed by atoms with Crippen molar-refractivity contribution in [3.8, 4) is 0 Å². The van der Waals surface area contributed by atoms with Gasteiger partial charge in [-0.3, -0.25) is 4.79 Å². The van der Waals surface area contributed by atoms with Gasteiger partial charge in [0.25, 0.3) is 0 Å². The number of rotatable bonds is 6. The predicted octanol–water partition coefficient (Wildman–Crippen LogP) is 3.30. The van der Waals surface area contributed by atoms with Crippen molar-refractivity contribution < 1.29 is 14.3 Å². The number of carbonyl (C=O) groups excluding carboxylic acids is 2. The van der Waals surface area contributed by atoms with Crippen molar-refractivity contribution in [3.63, 3.8) is 0 Å². The quantitative estimate of drug-likeness (QED) is 0.688. The van der Waals surface area contributed by atoms with E-state index < -0.39 is 17.1 Å². The molecule has 0 aromatic heterocycles. The number of alkyl halides is 1. The van der Waals surface area contributed by atoms with Crippen LogP contribution >= 0.6 is 15.9 Å². The molecule has 0 spiro atoms. The van der Waals surface area contributed by atoms with E-state index in [9.17, 15) is 9.59 Å². The maximum Gasteiger partial charge on any atom is 0.407 e. The van der Waals surface area contributed by atoms with Gasteiger partial charge >= 0.3 is 6.09 Å². The van der Waals surface area contributed by atoms with Crippen LogP contribution in [0.3, 0.4) is 0 Å². The molecular formula is C17H27BrN2O3. The molecule has 130 valence electrons. The Hall–Kier alpha value is -1.30. The van der Waals surface area contributed by atoms with E-state index in [1.165, 1.54) is 0 Å². The smallest absolute Gasteiger partial charge is 0.407 e. The lowest BCUT2D eigenvalue weighted by molar-refractivity contribution is -0.127. The van der Waals surface area contributed by atoms with Gasteiger partial charge in [-0.05, 0) is 33.6 Å². The molecule has 0 saturated carbocycles. The van der Waals surface area contributed by atoms with Crippen molar-refractivity contribution in [2.75, 3.05) is 11.9 Å². The summed E-state index contributed by atoms with van der Waals surface area (Å²) in [7, 11) is 0. The number of hydrogen-bond donors (Lipinski definition) is 2. The van der Waals surface area contributed by atoms with E-state index in [1.54, 1.807) is 0 Å². The van der Waals surface area contributed by atoms with Gasteiger partial charge in [0.15, 0.2) is 0 Å². The third kappa shape index (κ3) is 6.37. The lowest BCUT2D eigenvalue weighted by Gasteiger charge is -2.29. The van der Waals surface area contributed by atoms with Gasteiger partial charge < -0.3 is 15.4 Å². The number of amides is 2. The molecule has 2 amide bonds. The SMILES string of the molecule is CCC(CNC(=O)C1(CBr)C=CC=CC1)NC(=O)OC(C)(C)C. The van der Waals surface area contributed by atoms with Crippen LogP contribution in [0.15, 0.2) is 24.3 Å². The predicted molar refractivity (Wildman–Crippen MR) is 95.6 cm³/mol. The van der Waals surface area contributed by atoms with Crippen LogP contribution in [-0.2, 0) is 9.53 Å². The molecule has 0 saturated heterocycles. The number of halogens is 1. The molecule has 0 aromatic rings. The van der Waals surface area contributed by atoms with Crippen LogP contribution in [0.4, 0.5) is 4.79 Å². The summed E-state index contributed by atoms with van der Waals surface area (Å²) >= 11 is 3.43. The van der Waals surface area contributed by atoms with Crippen LogP contribution in [0.1, 0.15) is 40.5 Å². The minimum Gasteiger partial charge on any atom is -0.444 e. The lowest BCUT2D eigenvalue weighted by atomic mass is 9.83. The highest BCUT2D eigenvalue weighted by atomic mass is 79.9. The average Bonchev–Trinajstić information content (AvgIpc) is 2.49. The third-order valence-corrected chi connectivity index (χ3v) is 4.56. The molecule has 1 aliphatic carbocycles. The molecule has 2 atom stereocenters. The van der Waals surface area contributed by atoms with Crippen LogP contribution in [-0.4, -0.2) is 35.5 Å². The topological polar surface area (TPSA) is 67.4 Å². The van der Waals surface area contributed by atoms with Gasteiger partial charge in [-0.15, -0.1) is 0 Å². The van der Waals surface area contributed by atoms with Crippen LogP contribution < -0.4 is 10.6 Å². The molecule has 0 aliphatic heterocycles. The van der Waals surface area contributed by atoms with Gasteiger partial charge in [0.05, 0.1) is 5.41 Å². The second-order valence-electron chi connectivity index (χ2n) is 6.74. The molecule has 2 N–H and O–H groups in total. The summed E-state index contributed by atoms with van der Waals surface area (Å²) in [4.78, 5) is 24.3. The van der Waals surface area contributed by atoms with Crippen molar-refractivity contribution in [2.24, 2.45) is 5.41 Å². The largest absolute Gasteiger partial charge is 0.444 e. The van der Waals surface area contributed by atoms with Gasteiger partial charge in [0, 0.05) is 17.9 Å². The van der Waals surface area contributed by atoms with Crippen molar-refractivity contribution in [3.05, 3.63) is 24.3 Å². The summed E-state index contributed by atoms with van der Waals surface area (Å²) in [5.74, 6) is -0.0422. The summed E-state index contributed by atoms with van der Waals surface area (Å²) in [5, 5.41) is 6.29. The number of nitrogens with one attached hydrogen (secondary N) is 2. The highest BCUT2D eigenvalue weighted by Crippen LogP contribution is 2.30. The molecule has 0 heterocycles. The molecular weight excluding hydrogens is 360 g/mol. The fourth-order valence-corrected chi connectivity index (χ4v) is 2.83. The maximum absolute atomic E-state index is 12.5. The normalized spacial score (nSPS) is 21.6. The standard InChI is InChI=1S/C17H27BrN2O3/c1-5-13(20-15(22)23-16(2,3)4)11-19-14(21)17(12-18)9-7-6-8-10-17/h6-9,13H,5,10-12H2,1-4H3,(H,19,21)(H,20,22). The molecule has 0 radical (unpaired) electrons. The van der Waals surface area contributed by atoms with E-state index >= 15 is 0 Å². The Balaban J connectivity index is 2.53. The monoisotopic (exact) mass is 386 g/mol. The highest BCUT2D eigenvalue weighted by Gasteiger charge is 2.34. The van der Waals surface area contributed by atoms with E-state index in [2.05, 4.69) is 26.6 Å². The Morgan fingerprint density at radius 3 is 2.52 bits per heavy atom. The zero-order chi connectivity index (χ0) is 17.5. The minimum atomic E-state index is -0.557. The van der Waals surface area contributed by atoms with Gasteiger partial charge in [-0.2, -0.15) is 0 Å². The van der Waals surface area contributed by atoms with E-state index in [1.807, 2.05) is 52.0 Å². The summed E-state index contributed by atoms with van der Waals surface area (Å²) < 4.78 is 5.24. The van der Waals surface area contributed by atoms with E-state index in [0.29, 0.717) is 24.7 Å². The Labute approximate surface area is 147 Å². The number of hydrogen-bond acceptors (Lipinski definition) is 3. The van der Waals surface area contributed by atoms with Crippen LogP contribution in [0.2, 0.25) is 0 Å². The van der Waals surface area contributed by atoms with Crippen molar-refractivity contribution in [1.29, 1.82) is 0 Å². The molecule has 1 rings (SSSR count). The number of ether oxygens (including phenoxy) is 1. The zero-order valence-electron chi connectivity index (χ0n) is 14.3. The summed E-state index contributed by atoms with van der Waals surface area (Å²) in [6.07, 6.45) is 8.63. The average molecular weight is 387 g/mol. The molecule has 1 aliphatic rings. The van der Waals surface area contributed by atoms with Gasteiger partial charge in [0.1, 0.15) is 5.60 Å². The summed E-state index contributed by atoms with van der Waals surface area (Å²) in [6.45, 7) is 7.78. The van der Waals surface area contributed by atoms with Crippen LogP contribution in [0.5, 0.6) is 0 Å². The highest BCUT2D eigenvalue weighted by molar-refractivity contribution is 9.09. The van der Waals surface area contributed by atoms with Gasteiger partial charge in [-0.25, -0.2) is 4.79 Å². The van der Waals surface area contributed by atoms with Gasteiger partial charge in [0.2, 0.25) is 5.91 Å². The van der Waals surface area contributed by atoms with E-state index in [-0.39, 0.29) is 11.9 Å². The fraction of sp³-hybridized carbons (Fsp3) is 0.647.